The largest absolute Gasteiger partial charge is 0.383 e. The van der Waals surface area contributed by atoms with Gasteiger partial charge in [-0.05, 0) is 38.0 Å². The van der Waals surface area contributed by atoms with Crippen LogP contribution in [0.4, 0.5) is 11.6 Å². The summed E-state index contributed by atoms with van der Waals surface area (Å²) in [4.78, 5) is 8.90. The Labute approximate surface area is 116 Å². The van der Waals surface area contributed by atoms with Gasteiger partial charge in [-0.3, -0.25) is 0 Å². The molecule has 0 bridgehead atoms. The molecule has 2 rings (SSSR count). The molecule has 0 aliphatic heterocycles. The predicted octanol–water partition coefficient (Wildman–Crippen LogP) is 3.17. The van der Waals surface area contributed by atoms with Gasteiger partial charge >= 0.3 is 0 Å². The van der Waals surface area contributed by atoms with E-state index in [1.807, 2.05) is 6.92 Å². The van der Waals surface area contributed by atoms with Gasteiger partial charge in [0.25, 0.3) is 0 Å². The summed E-state index contributed by atoms with van der Waals surface area (Å²) in [5.41, 5.74) is 6.94. The van der Waals surface area contributed by atoms with Crippen molar-refractivity contribution in [1.82, 2.24) is 9.97 Å². The van der Waals surface area contributed by atoms with Crippen molar-refractivity contribution in [3.63, 3.8) is 0 Å². The first-order chi connectivity index (χ1) is 9.01. The average molecular weight is 262 g/mol. The van der Waals surface area contributed by atoms with Crippen molar-refractivity contribution in [1.29, 1.82) is 0 Å². The minimum absolute atomic E-state index is 0.508. The Kier molecular flexibility index (Phi) is 4.27. The summed E-state index contributed by atoms with van der Waals surface area (Å²) in [5, 5.41) is 3.60. The number of nitrogens with one attached hydrogen (secondary N) is 1. The predicted molar refractivity (Wildman–Crippen MR) is 80.1 cm³/mol. The van der Waals surface area contributed by atoms with Crippen LogP contribution in [0.15, 0.2) is 0 Å². The van der Waals surface area contributed by atoms with Crippen LogP contribution in [0, 0.1) is 18.8 Å². The highest BCUT2D eigenvalue weighted by Gasteiger charge is 2.26. The van der Waals surface area contributed by atoms with Crippen LogP contribution in [-0.2, 0) is 6.42 Å². The minimum atomic E-state index is 0.508. The summed E-state index contributed by atoms with van der Waals surface area (Å²) in [6, 6.07) is 0.508. The molecule has 1 aromatic rings. The quantitative estimate of drug-likeness (QED) is 0.878. The average Bonchev–Trinajstić information content (AvgIpc) is 2.37. The van der Waals surface area contributed by atoms with Crippen LogP contribution >= 0.6 is 0 Å². The lowest BCUT2D eigenvalue weighted by molar-refractivity contribution is 0.276. The molecule has 106 valence electrons. The Hall–Kier alpha value is -1.32. The highest BCUT2D eigenvalue weighted by molar-refractivity contribution is 5.55. The zero-order valence-corrected chi connectivity index (χ0v) is 12.5. The highest BCUT2D eigenvalue weighted by atomic mass is 15.1. The molecule has 3 unspecified atom stereocenters. The summed E-state index contributed by atoms with van der Waals surface area (Å²) in [5.74, 6) is 3.88. The summed E-state index contributed by atoms with van der Waals surface area (Å²) in [7, 11) is 0. The molecule has 1 heterocycles. The number of nitrogens with two attached hydrogens (primary N) is 1. The Morgan fingerprint density at radius 3 is 2.63 bits per heavy atom. The number of anilines is 2. The molecule has 0 aromatic carbocycles. The summed E-state index contributed by atoms with van der Waals surface area (Å²) < 4.78 is 0. The molecule has 1 fully saturated rings. The third-order valence-electron chi connectivity index (χ3n) is 4.30. The third-order valence-corrected chi connectivity index (χ3v) is 4.30. The summed E-state index contributed by atoms with van der Waals surface area (Å²) in [6.45, 7) is 8.72. The minimum Gasteiger partial charge on any atom is -0.383 e. The van der Waals surface area contributed by atoms with Crippen molar-refractivity contribution in [2.45, 2.75) is 59.4 Å². The molecule has 3 N–H and O–H groups in total. The Morgan fingerprint density at radius 2 is 2.00 bits per heavy atom. The van der Waals surface area contributed by atoms with Gasteiger partial charge in [0.2, 0.25) is 0 Å². The topological polar surface area (TPSA) is 63.8 Å². The van der Waals surface area contributed by atoms with Crippen LogP contribution in [0.2, 0.25) is 0 Å². The van der Waals surface area contributed by atoms with Gasteiger partial charge in [-0.2, -0.15) is 0 Å². The summed E-state index contributed by atoms with van der Waals surface area (Å²) >= 11 is 0. The third kappa shape index (κ3) is 3.17. The first kappa shape index (κ1) is 14.1. The molecule has 0 saturated heterocycles. The molecule has 0 radical (unpaired) electrons. The molecule has 1 aliphatic carbocycles. The summed E-state index contributed by atoms with van der Waals surface area (Å²) in [6.07, 6.45) is 4.61. The monoisotopic (exact) mass is 262 g/mol. The van der Waals surface area contributed by atoms with E-state index in [2.05, 4.69) is 36.1 Å². The van der Waals surface area contributed by atoms with Gasteiger partial charge in [0, 0.05) is 18.0 Å². The second kappa shape index (κ2) is 5.76. The number of hydrogen-bond acceptors (Lipinski definition) is 4. The fourth-order valence-corrected chi connectivity index (χ4v) is 2.94. The molecule has 19 heavy (non-hydrogen) atoms. The Bertz CT molecular complexity index is 444. The molecule has 0 amide bonds. The second-order valence-corrected chi connectivity index (χ2v) is 6.00. The van der Waals surface area contributed by atoms with Gasteiger partial charge in [0.05, 0.1) is 0 Å². The first-order valence-corrected chi connectivity index (χ1v) is 7.40. The number of nitrogens with zero attached hydrogens (tertiary/aromatic N) is 2. The van der Waals surface area contributed by atoms with Crippen LogP contribution in [0.3, 0.4) is 0 Å². The Balaban J connectivity index is 2.16. The maximum Gasteiger partial charge on any atom is 0.134 e. The lowest BCUT2D eigenvalue weighted by atomic mass is 9.80. The number of aryl methyl sites for hydroxylation is 1. The van der Waals surface area contributed by atoms with Gasteiger partial charge in [0.15, 0.2) is 0 Å². The fourth-order valence-electron chi connectivity index (χ4n) is 2.94. The molecule has 1 aliphatic rings. The number of rotatable bonds is 3. The van der Waals surface area contributed by atoms with E-state index >= 15 is 0 Å². The van der Waals surface area contributed by atoms with Crippen molar-refractivity contribution in [3.05, 3.63) is 11.4 Å². The molecular weight excluding hydrogens is 236 g/mol. The van der Waals surface area contributed by atoms with Gasteiger partial charge < -0.3 is 11.1 Å². The van der Waals surface area contributed by atoms with Crippen molar-refractivity contribution in [2.24, 2.45) is 11.8 Å². The molecule has 3 atom stereocenters. The lowest BCUT2D eigenvalue weighted by Crippen LogP contribution is -2.33. The highest BCUT2D eigenvalue weighted by Crippen LogP contribution is 2.31. The van der Waals surface area contributed by atoms with Crippen LogP contribution in [-0.4, -0.2) is 16.0 Å². The Morgan fingerprint density at radius 1 is 1.26 bits per heavy atom. The zero-order chi connectivity index (χ0) is 14.0. The van der Waals surface area contributed by atoms with Crippen LogP contribution in [0.5, 0.6) is 0 Å². The smallest absolute Gasteiger partial charge is 0.134 e. The normalized spacial score (nSPS) is 27.3. The number of nitrogen functional groups attached to an aromatic ring is 1. The van der Waals surface area contributed by atoms with Gasteiger partial charge in [-0.15, -0.1) is 0 Å². The molecular formula is C15H26N4. The molecule has 1 aromatic heterocycles. The van der Waals surface area contributed by atoms with E-state index in [0.29, 0.717) is 17.8 Å². The van der Waals surface area contributed by atoms with Crippen LogP contribution in [0.25, 0.3) is 0 Å². The molecule has 1 saturated carbocycles. The SMILES string of the molecule is CCc1nc(N)c(C)c(NC2CCC(C)CC2C)n1. The van der Waals surface area contributed by atoms with Crippen LogP contribution < -0.4 is 11.1 Å². The van der Waals surface area contributed by atoms with E-state index in [9.17, 15) is 0 Å². The lowest BCUT2D eigenvalue weighted by Gasteiger charge is -2.33. The van der Waals surface area contributed by atoms with Crippen molar-refractivity contribution < 1.29 is 0 Å². The maximum atomic E-state index is 5.97. The van der Waals surface area contributed by atoms with E-state index in [0.717, 1.165) is 29.5 Å². The molecule has 0 spiro atoms. The van der Waals surface area contributed by atoms with E-state index in [4.69, 9.17) is 5.73 Å². The maximum absolute atomic E-state index is 5.97. The number of hydrogen-bond donors (Lipinski definition) is 2. The van der Waals surface area contributed by atoms with Crippen LogP contribution in [0.1, 0.15) is 51.4 Å². The fraction of sp³-hybridized carbons (Fsp3) is 0.733. The van der Waals surface area contributed by atoms with E-state index in [1.165, 1.54) is 19.3 Å². The van der Waals surface area contributed by atoms with Crippen molar-refractivity contribution in [2.75, 3.05) is 11.1 Å². The van der Waals surface area contributed by atoms with E-state index in [-0.39, 0.29) is 0 Å². The first-order valence-electron chi connectivity index (χ1n) is 7.40. The standard InChI is InChI=1S/C15H26N4/c1-5-13-18-14(16)11(4)15(19-13)17-12-7-6-9(2)8-10(12)3/h9-10,12H,5-8H2,1-4H3,(H3,16,17,18,19). The molecule has 4 nitrogen and oxygen atoms in total. The number of aromatic nitrogens is 2. The van der Waals surface area contributed by atoms with E-state index < -0.39 is 0 Å². The van der Waals surface area contributed by atoms with Gasteiger partial charge in [-0.25, -0.2) is 9.97 Å². The zero-order valence-electron chi connectivity index (χ0n) is 12.5. The molecule has 4 heteroatoms. The van der Waals surface area contributed by atoms with Crippen molar-refractivity contribution in [3.8, 4) is 0 Å². The second-order valence-electron chi connectivity index (χ2n) is 6.00. The van der Waals surface area contributed by atoms with E-state index in [1.54, 1.807) is 0 Å². The van der Waals surface area contributed by atoms with Crippen molar-refractivity contribution >= 4 is 11.6 Å². The van der Waals surface area contributed by atoms with Gasteiger partial charge in [-0.1, -0.05) is 20.8 Å². The van der Waals surface area contributed by atoms with Gasteiger partial charge in [0.1, 0.15) is 17.5 Å².